The van der Waals surface area contributed by atoms with E-state index < -0.39 is 0 Å². The van der Waals surface area contributed by atoms with Gasteiger partial charge in [-0.05, 0) is 11.6 Å². The van der Waals surface area contributed by atoms with E-state index >= 15 is 0 Å². The van der Waals surface area contributed by atoms with Crippen molar-refractivity contribution in [3.8, 4) is 10.4 Å². The van der Waals surface area contributed by atoms with Crippen molar-refractivity contribution in [2.45, 2.75) is 0 Å². The van der Waals surface area contributed by atoms with Crippen molar-refractivity contribution >= 4 is 33.3 Å². The number of carbonyl (C=O) groups is 1. The molecular weight excluding hydrogens is 344 g/mol. The van der Waals surface area contributed by atoms with Gasteiger partial charge in [0.05, 0.1) is 11.9 Å². The third kappa shape index (κ3) is 3.97. The molecule has 0 aliphatic carbocycles. The fourth-order valence-corrected chi connectivity index (χ4v) is 3.61. The molecule has 1 amide bonds. The summed E-state index contributed by atoms with van der Waals surface area (Å²) in [5.74, 6) is 0.633. The van der Waals surface area contributed by atoms with Crippen molar-refractivity contribution in [2.75, 3.05) is 25.0 Å². The zero-order valence-electron chi connectivity index (χ0n) is 14.4. The maximum Gasteiger partial charge on any atom is 0.242 e. The van der Waals surface area contributed by atoms with Gasteiger partial charge in [0.25, 0.3) is 0 Å². The van der Waals surface area contributed by atoms with Crippen LogP contribution in [0.5, 0.6) is 0 Å². The summed E-state index contributed by atoms with van der Waals surface area (Å²) in [4.78, 5) is 24.7. The molecule has 0 saturated heterocycles. The van der Waals surface area contributed by atoms with Crippen LogP contribution in [-0.2, 0) is 4.79 Å². The lowest BCUT2D eigenvalue weighted by atomic mass is 10.2. The van der Waals surface area contributed by atoms with E-state index in [1.165, 1.54) is 6.33 Å². The molecule has 0 aliphatic heterocycles. The van der Waals surface area contributed by atoms with Crippen LogP contribution in [0.25, 0.3) is 20.7 Å². The summed E-state index contributed by atoms with van der Waals surface area (Å²) in [6.45, 7) is 8.51. The zero-order chi connectivity index (χ0) is 18.4. The standard InChI is InChI=1S/C20H20N4OS/c1-3-10-24(11-4-2)18(25)13-21-19-16-12-17(15-8-6-5-7-9-15)26-20(16)23-14-22-19/h3-9,12,14H,1-2,10-11,13H2,(H,21,22,23). The normalized spacial score (nSPS) is 10.5. The van der Waals surface area contributed by atoms with Gasteiger partial charge in [-0.1, -0.05) is 42.5 Å². The van der Waals surface area contributed by atoms with Crippen molar-refractivity contribution < 1.29 is 4.79 Å². The van der Waals surface area contributed by atoms with E-state index in [9.17, 15) is 4.79 Å². The minimum Gasteiger partial charge on any atom is -0.360 e. The molecule has 1 N–H and O–H groups in total. The molecule has 0 aliphatic rings. The minimum atomic E-state index is -0.0323. The molecule has 6 heteroatoms. The number of hydrogen-bond donors (Lipinski definition) is 1. The van der Waals surface area contributed by atoms with Gasteiger partial charge in [-0.25, -0.2) is 9.97 Å². The van der Waals surface area contributed by atoms with Gasteiger partial charge >= 0.3 is 0 Å². The second-order valence-electron chi connectivity index (χ2n) is 5.65. The van der Waals surface area contributed by atoms with Crippen LogP contribution in [0.15, 0.2) is 68.0 Å². The van der Waals surface area contributed by atoms with E-state index in [-0.39, 0.29) is 12.5 Å². The van der Waals surface area contributed by atoms with Crippen molar-refractivity contribution in [1.29, 1.82) is 0 Å². The molecule has 0 spiro atoms. The average Bonchev–Trinajstić information content (AvgIpc) is 3.11. The highest BCUT2D eigenvalue weighted by molar-refractivity contribution is 7.21. The van der Waals surface area contributed by atoms with Gasteiger partial charge in [0.2, 0.25) is 5.91 Å². The van der Waals surface area contributed by atoms with Crippen LogP contribution < -0.4 is 5.32 Å². The van der Waals surface area contributed by atoms with Crippen LogP contribution in [0.3, 0.4) is 0 Å². The lowest BCUT2D eigenvalue weighted by Crippen LogP contribution is -2.35. The molecular formula is C20H20N4OS. The Hall–Kier alpha value is -2.99. The van der Waals surface area contributed by atoms with Gasteiger partial charge in [-0.2, -0.15) is 0 Å². The van der Waals surface area contributed by atoms with Crippen molar-refractivity contribution in [2.24, 2.45) is 0 Å². The number of nitrogens with one attached hydrogen (secondary N) is 1. The van der Waals surface area contributed by atoms with Crippen molar-refractivity contribution in [1.82, 2.24) is 14.9 Å². The Bertz CT molecular complexity index is 910. The van der Waals surface area contributed by atoms with E-state index in [2.05, 4.69) is 46.6 Å². The maximum absolute atomic E-state index is 12.4. The quantitative estimate of drug-likeness (QED) is 0.615. The topological polar surface area (TPSA) is 58.1 Å². The molecule has 0 atom stereocenters. The number of nitrogens with zero attached hydrogens (tertiary/aromatic N) is 3. The number of rotatable bonds is 8. The van der Waals surface area contributed by atoms with E-state index in [4.69, 9.17) is 0 Å². The summed E-state index contributed by atoms with van der Waals surface area (Å²) in [7, 11) is 0. The third-order valence-electron chi connectivity index (χ3n) is 3.85. The van der Waals surface area contributed by atoms with E-state index in [1.54, 1.807) is 28.4 Å². The van der Waals surface area contributed by atoms with Gasteiger partial charge in [-0.3, -0.25) is 4.79 Å². The fourth-order valence-electron chi connectivity index (χ4n) is 2.60. The van der Waals surface area contributed by atoms with Gasteiger partial charge in [-0.15, -0.1) is 24.5 Å². The molecule has 132 valence electrons. The molecule has 0 radical (unpaired) electrons. The highest BCUT2D eigenvalue weighted by Crippen LogP contribution is 2.34. The minimum absolute atomic E-state index is 0.0323. The summed E-state index contributed by atoms with van der Waals surface area (Å²) >= 11 is 1.61. The lowest BCUT2D eigenvalue weighted by molar-refractivity contribution is -0.128. The number of thiophene rings is 1. The van der Waals surface area contributed by atoms with E-state index in [0.717, 1.165) is 20.7 Å². The zero-order valence-corrected chi connectivity index (χ0v) is 15.2. The summed E-state index contributed by atoms with van der Waals surface area (Å²) < 4.78 is 0. The maximum atomic E-state index is 12.4. The Morgan fingerprint density at radius 2 is 1.88 bits per heavy atom. The number of carbonyl (C=O) groups excluding carboxylic acids is 1. The highest BCUT2D eigenvalue weighted by atomic mass is 32.1. The summed E-state index contributed by atoms with van der Waals surface area (Å²) in [5, 5.41) is 4.06. The summed E-state index contributed by atoms with van der Waals surface area (Å²) in [5.41, 5.74) is 1.14. The van der Waals surface area contributed by atoms with E-state index in [0.29, 0.717) is 18.9 Å². The van der Waals surface area contributed by atoms with Gasteiger partial charge < -0.3 is 10.2 Å². The smallest absolute Gasteiger partial charge is 0.242 e. The molecule has 0 saturated carbocycles. The van der Waals surface area contributed by atoms with Gasteiger partial charge in [0.15, 0.2) is 0 Å². The number of hydrogen-bond acceptors (Lipinski definition) is 5. The molecule has 1 aromatic carbocycles. The highest BCUT2D eigenvalue weighted by Gasteiger charge is 2.13. The van der Waals surface area contributed by atoms with Crippen LogP contribution in [0.2, 0.25) is 0 Å². The van der Waals surface area contributed by atoms with Crippen LogP contribution in [0.4, 0.5) is 5.82 Å². The van der Waals surface area contributed by atoms with Gasteiger partial charge in [0.1, 0.15) is 17.0 Å². The first-order chi connectivity index (χ1) is 12.7. The predicted molar refractivity (Wildman–Crippen MR) is 108 cm³/mol. The first-order valence-electron chi connectivity index (χ1n) is 8.26. The van der Waals surface area contributed by atoms with E-state index in [1.807, 2.05) is 18.2 Å². The monoisotopic (exact) mass is 364 g/mol. The molecule has 2 aromatic heterocycles. The molecule has 0 bridgehead atoms. The first kappa shape index (κ1) is 17.8. The lowest BCUT2D eigenvalue weighted by Gasteiger charge is -2.19. The fraction of sp³-hybridized carbons (Fsp3) is 0.150. The summed E-state index contributed by atoms with van der Waals surface area (Å²) in [6.07, 6.45) is 4.93. The Morgan fingerprint density at radius 3 is 2.58 bits per heavy atom. The Kier molecular flexibility index (Phi) is 5.76. The molecule has 0 fully saturated rings. The first-order valence-corrected chi connectivity index (χ1v) is 9.08. The molecule has 3 rings (SSSR count). The predicted octanol–water partition coefficient (Wildman–Crippen LogP) is 3.97. The molecule has 2 heterocycles. The Labute approximate surface area is 156 Å². The Morgan fingerprint density at radius 1 is 1.15 bits per heavy atom. The van der Waals surface area contributed by atoms with Crippen molar-refractivity contribution in [3.63, 3.8) is 0 Å². The number of anilines is 1. The van der Waals surface area contributed by atoms with Crippen molar-refractivity contribution in [3.05, 3.63) is 68.0 Å². The van der Waals surface area contributed by atoms with Gasteiger partial charge in [0, 0.05) is 18.0 Å². The largest absolute Gasteiger partial charge is 0.360 e. The number of benzene rings is 1. The molecule has 5 nitrogen and oxygen atoms in total. The second-order valence-corrected chi connectivity index (χ2v) is 6.68. The SMILES string of the molecule is C=CCN(CC=C)C(=O)CNc1ncnc2sc(-c3ccccc3)cc12. The molecule has 26 heavy (non-hydrogen) atoms. The molecule has 3 aromatic rings. The molecule has 0 unspecified atom stereocenters. The van der Waals surface area contributed by atoms with Crippen LogP contribution in [-0.4, -0.2) is 40.4 Å². The number of aromatic nitrogens is 2. The van der Waals surface area contributed by atoms with Crippen LogP contribution >= 0.6 is 11.3 Å². The number of amides is 1. The Balaban J connectivity index is 1.80. The summed E-state index contributed by atoms with van der Waals surface area (Å²) in [6, 6.07) is 12.2. The second kappa shape index (κ2) is 8.40. The third-order valence-corrected chi connectivity index (χ3v) is 4.94. The average molecular weight is 364 g/mol. The van der Waals surface area contributed by atoms with Crippen LogP contribution in [0, 0.1) is 0 Å². The van der Waals surface area contributed by atoms with Crippen LogP contribution in [0.1, 0.15) is 0 Å². The number of fused-ring (bicyclic) bond motifs is 1.